The first kappa shape index (κ1) is 19.5. The lowest BCUT2D eigenvalue weighted by Crippen LogP contribution is -2.26. The predicted octanol–water partition coefficient (Wildman–Crippen LogP) is 2.33. The molecule has 0 saturated heterocycles. The first-order chi connectivity index (χ1) is 12.6. The van der Waals surface area contributed by atoms with Gasteiger partial charge in [-0.05, 0) is 30.7 Å². The quantitative estimate of drug-likeness (QED) is 0.418. The Balaban J connectivity index is 2.21. The zero-order valence-corrected chi connectivity index (χ0v) is 15.5. The second-order valence-electron chi connectivity index (χ2n) is 5.43. The van der Waals surface area contributed by atoms with Crippen LogP contribution >= 0.6 is 11.8 Å². The van der Waals surface area contributed by atoms with Gasteiger partial charge < -0.3 is 15.0 Å². The summed E-state index contributed by atoms with van der Waals surface area (Å²) < 4.78 is 5.11. The molecule has 2 N–H and O–H groups in total. The molecule has 0 aliphatic carbocycles. The molecule has 0 aliphatic rings. The molecule has 1 amide bonds. The van der Waals surface area contributed by atoms with Crippen LogP contribution in [0.25, 0.3) is 11.3 Å². The fraction of sp³-hybridized carbons (Fsp3) is 0.333. The maximum absolute atomic E-state index is 12.2. The third-order valence-corrected chi connectivity index (χ3v) is 4.44. The van der Waals surface area contributed by atoms with Crippen LogP contribution in [0.1, 0.15) is 25.3 Å². The van der Waals surface area contributed by atoms with Crippen molar-refractivity contribution in [1.82, 2.24) is 15.3 Å². The van der Waals surface area contributed by atoms with E-state index in [1.807, 2.05) is 13.0 Å². The topological polar surface area (TPSA) is 108 Å². The van der Waals surface area contributed by atoms with Gasteiger partial charge in [0.25, 0.3) is 5.56 Å². The molecular weight excluding hydrogens is 352 g/mol. The molecule has 2 aromatic rings. The van der Waals surface area contributed by atoms with E-state index in [4.69, 9.17) is 4.74 Å². The van der Waals surface area contributed by atoms with Crippen LogP contribution < -0.4 is 15.6 Å². The van der Waals surface area contributed by atoms with Gasteiger partial charge in [0, 0.05) is 12.1 Å². The van der Waals surface area contributed by atoms with E-state index in [1.165, 1.54) is 0 Å². The molecule has 1 heterocycles. The number of aromatic nitrogens is 2. The summed E-state index contributed by atoms with van der Waals surface area (Å²) in [6.45, 7) is 2.68. The smallest absolute Gasteiger partial charge is 0.270 e. The number of unbranched alkanes of at least 4 members (excludes halogenated alkanes) is 1. The Labute approximate surface area is 155 Å². The molecule has 1 aromatic carbocycles. The average molecular weight is 372 g/mol. The summed E-state index contributed by atoms with van der Waals surface area (Å²) in [4.78, 5) is 30.9. The molecule has 1 aromatic heterocycles. The fourth-order valence-corrected chi connectivity index (χ4v) is 2.86. The highest BCUT2D eigenvalue weighted by atomic mass is 32.2. The molecule has 0 aliphatic heterocycles. The van der Waals surface area contributed by atoms with Crippen LogP contribution in [-0.4, -0.2) is 35.3 Å². The Bertz CT molecular complexity index is 856. The predicted molar refractivity (Wildman–Crippen MR) is 100 cm³/mol. The van der Waals surface area contributed by atoms with Crippen molar-refractivity contribution in [2.75, 3.05) is 19.4 Å². The summed E-state index contributed by atoms with van der Waals surface area (Å²) in [5.74, 6) is 0.678. The fourth-order valence-electron chi connectivity index (χ4n) is 2.17. The molecule has 0 unspecified atom stereocenters. The molecule has 7 nitrogen and oxygen atoms in total. The minimum absolute atomic E-state index is 0.0630. The van der Waals surface area contributed by atoms with Crippen molar-refractivity contribution in [3.8, 4) is 23.1 Å². The van der Waals surface area contributed by atoms with Crippen LogP contribution in [-0.2, 0) is 4.79 Å². The van der Waals surface area contributed by atoms with Crippen molar-refractivity contribution in [2.45, 2.75) is 24.9 Å². The summed E-state index contributed by atoms with van der Waals surface area (Å²) in [5.41, 5.74) is 0.324. The number of ether oxygens (including phenoxy) is 1. The number of H-pyrrole nitrogens is 1. The average Bonchev–Trinajstić information content (AvgIpc) is 2.66. The highest BCUT2D eigenvalue weighted by molar-refractivity contribution is 7.99. The van der Waals surface area contributed by atoms with E-state index in [9.17, 15) is 14.9 Å². The van der Waals surface area contributed by atoms with Gasteiger partial charge in [0.05, 0.1) is 18.6 Å². The maximum atomic E-state index is 12.2. The monoisotopic (exact) mass is 372 g/mol. The van der Waals surface area contributed by atoms with Gasteiger partial charge in [-0.25, -0.2) is 4.98 Å². The Kier molecular flexibility index (Phi) is 7.24. The van der Waals surface area contributed by atoms with Gasteiger partial charge in [-0.2, -0.15) is 5.26 Å². The van der Waals surface area contributed by atoms with Gasteiger partial charge in [0.2, 0.25) is 5.91 Å². The number of amides is 1. The number of nitriles is 1. The van der Waals surface area contributed by atoms with Gasteiger partial charge >= 0.3 is 0 Å². The molecule has 8 heteroatoms. The molecular formula is C18H20N4O3S. The number of aromatic amines is 1. The first-order valence-corrected chi connectivity index (χ1v) is 9.16. The lowest BCUT2D eigenvalue weighted by Gasteiger charge is -2.08. The third-order valence-electron chi connectivity index (χ3n) is 3.57. The minimum atomic E-state index is -0.526. The summed E-state index contributed by atoms with van der Waals surface area (Å²) in [6, 6.07) is 8.81. The zero-order valence-electron chi connectivity index (χ0n) is 14.7. The van der Waals surface area contributed by atoms with Crippen LogP contribution in [0.15, 0.2) is 34.2 Å². The van der Waals surface area contributed by atoms with Crippen LogP contribution in [0.3, 0.4) is 0 Å². The normalized spacial score (nSPS) is 10.2. The molecule has 136 valence electrons. The standard InChI is InChI=1S/C18H20N4O3S/c1-3-4-9-20-15(23)11-26-18-21-16(14(10-19)17(24)22-18)12-5-7-13(25-2)8-6-12/h5-8H,3-4,9,11H2,1-2H3,(H,20,23)(H,21,22,24). The molecule has 0 saturated carbocycles. The SMILES string of the molecule is CCCCNC(=O)CSc1nc(-c2ccc(OC)cc2)c(C#N)c(=O)[nH]1. The Morgan fingerprint density at radius 3 is 2.73 bits per heavy atom. The number of thioether (sulfide) groups is 1. The first-order valence-electron chi connectivity index (χ1n) is 8.17. The molecule has 26 heavy (non-hydrogen) atoms. The lowest BCUT2D eigenvalue weighted by atomic mass is 10.1. The number of benzene rings is 1. The lowest BCUT2D eigenvalue weighted by molar-refractivity contribution is -0.118. The van der Waals surface area contributed by atoms with Crippen molar-refractivity contribution in [3.05, 3.63) is 40.2 Å². The highest BCUT2D eigenvalue weighted by Gasteiger charge is 2.14. The second-order valence-corrected chi connectivity index (χ2v) is 6.39. The maximum Gasteiger partial charge on any atom is 0.270 e. The van der Waals surface area contributed by atoms with E-state index >= 15 is 0 Å². The van der Waals surface area contributed by atoms with E-state index in [1.54, 1.807) is 31.4 Å². The highest BCUT2D eigenvalue weighted by Crippen LogP contribution is 2.24. The number of hydrogen-bond donors (Lipinski definition) is 2. The van der Waals surface area contributed by atoms with Crippen LogP contribution in [0, 0.1) is 11.3 Å². The Morgan fingerprint density at radius 1 is 1.38 bits per heavy atom. The summed E-state index contributed by atoms with van der Waals surface area (Å²) in [5, 5.41) is 12.4. The Hall–Kier alpha value is -2.79. The van der Waals surface area contributed by atoms with E-state index < -0.39 is 5.56 Å². The summed E-state index contributed by atoms with van der Waals surface area (Å²) >= 11 is 1.12. The largest absolute Gasteiger partial charge is 0.497 e. The van der Waals surface area contributed by atoms with E-state index in [0.717, 1.165) is 24.6 Å². The number of hydrogen-bond acceptors (Lipinski definition) is 6. The molecule has 2 rings (SSSR count). The molecule has 0 spiro atoms. The molecule has 0 radical (unpaired) electrons. The van der Waals surface area contributed by atoms with E-state index in [2.05, 4.69) is 15.3 Å². The van der Waals surface area contributed by atoms with Crippen molar-refractivity contribution in [1.29, 1.82) is 5.26 Å². The molecule has 0 bridgehead atoms. The van der Waals surface area contributed by atoms with Crippen molar-refractivity contribution in [2.24, 2.45) is 0 Å². The van der Waals surface area contributed by atoms with Gasteiger partial charge in [0.1, 0.15) is 17.4 Å². The molecule has 0 fully saturated rings. The van der Waals surface area contributed by atoms with Gasteiger partial charge in [-0.3, -0.25) is 9.59 Å². The second kappa shape index (κ2) is 9.63. The number of carbonyl (C=O) groups is 1. The Morgan fingerprint density at radius 2 is 2.12 bits per heavy atom. The van der Waals surface area contributed by atoms with E-state index in [-0.39, 0.29) is 22.9 Å². The third kappa shape index (κ3) is 5.10. The number of carbonyl (C=O) groups excluding carboxylic acids is 1. The van der Waals surface area contributed by atoms with Crippen LogP contribution in [0.4, 0.5) is 0 Å². The van der Waals surface area contributed by atoms with Crippen LogP contribution in [0.2, 0.25) is 0 Å². The van der Waals surface area contributed by atoms with Crippen molar-refractivity contribution in [3.63, 3.8) is 0 Å². The number of methoxy groups -OCH3 is 1. The number of nitrogens with zero attached hydrogens (tertiary/aromatic N) is 2. The van der Waals surface area contributed by atoms with Gasteiger partial charge in [-0.1, -0.05) is 25.1 Å². The van der Waals surface area contributed by atoms with Crippen LogP contribution in [0.5, 0.6) is 5.75 Å². The summed E-state index contributed by atoms with van der Waals surface area (Å²) in [7, 11) is 1.56. The summed E-state index contributed by atoms with van der Waals surface area (Å²) in [6.07, 6.45) is 1.92. The van der Waals surface area contributed by atoms with Gasteiger partial charge in [-0.15, -0.1) is 0 Å². The molecule has 0 atom stereocenters. The number of rotatable bonds is 8. The minimum Gasteiger partial charge on any atom is -0.497 e. The number of nitrogens with one attached hydrogen (secondary N) is 2. The van der Waals surface area contributed by atoms with Crippen molar-refractivity contribution < 1.29 is 9.53 Å². The van der Waals surface area contributed by atoms with Crippen molar-refractivity contribution >= 4 is 17.7 Å². The van der Waals surface area contributed by atoms with Gasteiger partial charge in [0.15, 0.2) is 5.16 Å². The zero-order chi connectivity index (χ0) is 18.9. The van der Waals surface area contributed by atoms with E-state index in [0.29, 0.717) is 23.0 Å².